The van der Waals surface area contributed by atoms with Crippen molar-refractivity contribution in [1.29, 1.82) is 0 Å². The fourth-order valence-electron chi connectivity index (χ4n) is 2.34. The number of urea groups is 1. The van der Waals surface area contributed by atoms with E-state index in [9.17, 15) is 9.59 Å². The Morgan fingerprint density at radius 3 is 2.57 bits per heavy atom. The number of nitrogens with zero attached hydrogens (tertiary/aromatic N) is 1. The van der Waals surface area contributed by atoms with Gasteiger partial charge >= 0.3 is 12.0 Å². The molecular formula is C15H20N2O4. The summed E-state index contributed by atoms with van der Waals surface area (Å²) in [5, 5.41) is 11.9. The van der Waals surface area contributed by atoms with E-state index >= 15 is 0 Å². The van der Waals surface area contributed by atoms with E-state index < -0.39 is 17.9 Å². The highest BCUT2D eigenvalue weighted by Crippen LogP contribution is 2.18. The van der Waals surface area contributed by atoms with Crippen LogP contribution in [0.2, 0.25) is 0 Å². The number of aryl methyl sites for hydroxylation is 1. The van der Waals surface area contributed by atoms with Gasteiger partial charge < -0.3 is 15.2 Å². The second-order valence-corrected chi connectivity index (χ2v) is 5.12. The van der Waals surface area contributed by atoms with Crippen LogP contribution in [0.5, 0.6) is 0 Å². The maximum Gasteiger partial charge on any atom is 0.322 e. The van der Waals surface area contributed by atoms with Gasteiger partial charge in [-0.25, -0.2) is 4.79 Å². The molecule has 1 saturated heterocycles. The van der Waals surface area contributed by atoms with Crippen molar-refractivity contribution in [3.8, 4) is 0 Å². The molecule has 0 spiro atoms. The lowest BCUT2D eigenvalue weighted by Crippen LogP contribution is -2.49. The normalized spacial score (nSPS) is 21.0. The summed E-state index contributed by atoms with van der Waals surface area (Å²) in [6.45, 7) is 4.72. The van der Waals surface area contributed by atoms with E-state index in [0.717, 1.165) is 11.3 Å². The first-order valence-corrected chi connectivity index (χ1v) is 6.98. The van der Waals surface area contributed by atoms with Gasteiger partial charge in [0.15, 0.2) is 0 Å². The van der Waals surface area contributed by atoms with Crippen LogP contribution in [0.25, 0.3) is 0 Å². The topological polar surface area (TPSA) is 78.9 Å². The van der Waals surface area contributed by atoms with Crippen LogP contribution in [0.15, 0.2) is 24.3 Å². The Labute approximate surface area is 123 Å². The summed E-state index contributed by atoms with van der Waals surface area (Å²) in [5.41, 5.74) is 1.90. The van der Waals surface area contributed by atoms with Crippen molar-refractivity contribution >= 4 is 17.7 Å². The van der Waals surface area contributed by atoms with Crippen LogP contribution < -0.4 is 10.2 Å². The highest BCUT2D eigenvalue weighted by molar-refractivity contribution is 5.92. The number of anilines is 1. The zero-order valence-electron chi connectivity index (χ0n) is 12.2. The summed E-state index contributed by atoms with van der Waals surface area (Å²) in [4.78, 5) is 25.0. The van der Waals surface area contributed by atoms with E-state index in [1.165, 1.54) is 0 Å². The molecule has 2 unspecified atom stereocenters. The molecule has 2 N–H and O–H groups in total. The summed E-state index contributed by atoms with van der Waals surface area (Å²) in [7, 11) is 0. The number of carboxylic acids is 1. The van der Waals surface area contributed by atoms with Crippen LogP contribution in [0.3, 0.4) is 0 Å². The second-order valence-electron chi connectivity index (χ2n) is 5.12. The molecule has 2 atom stereocenters. The van der Waals surface area contributed by atoms with Gasteiger partial charge in [0, 0.05) is 12.2 Å². The minimum absolute atomic E-state index is 0.136. The van der Waals surface area contributed by atoms with Gasteiger partial charge in [-0.1, -0.05) is 17.7 Å². The predicted octanol–water partition coefficient (Wildman–Crippen LogP) is 1.63. The van der Waals surface area contributed by atoms with Gasteiger partial charge in [0.2, 0.25) is 0 Å². The predicted molar refractivity (Wildman–Crippen MR) is 78.5 cm³/mol. The van der Waals surface area contributed by atoms with Gasteiger partial charge in [0.05, 0.1) is 19.3 Å². The van der Waals surface area contributed by atoms with E-state index in [0.29, 0.717) is 6.54 Å². The van der Waals surface area contributed by atoms with E-state index in [4.69, 9.17) is 9.84 Å². The van der Waals surface area contributed by atoms with E-state index in [-0.39, 0.29) is 19.2 Å². The molecule has 6 nitrogen and oxygen atoms in total. The van der Waals surface area contributed by atoms with Gasteiger partial charge in [0.25, 0.3) is 0 Å². The van der Waals surface area contributed by atoms with Gasteiger partial charge in [-0.3, -0.25) is 9.69 Å². The first kappa shape index (κ1) is 15.3. The number of nitrogens with one attached hydrogen (secondary N) is 1. The molecule has 0 saturated carbocycles. The van der Waals surface area contributed by atoms with Gasteiger partial charge in [-0.2, -0.15) is 0 Å². The summed E-state index contributed by atoms with van der Waals surface area (Å²) < 4.78 is 5.15. The van der Waals surface area contributed by atoms with Crippen molar-refractivity contribution < 1.29 is 19.4 Å². The summed E-state index contributed by atoms with van der Waals surface area (Å²) in [6.07, 6.45) is 0. The number of carbonyl (C=O) groups is 2. The van der Waals surface area contributed by atoms with Gasteiger partial charge in [0.1, 0.15) is 5.92 Å². The van der Waals surface area contributed by atoms with E-state index in [1.807, 2.05) is 38.1 Å². The molecule has 114 valence electrons. The molecule has 0 radical (unpaired) electrons. The van der Waals surface area contributed by atoms with Gasteiger partial charge in [-0.15, -0.1) is 0 Å². The zero-order valence-corrected chi connectivity index (χ0v) is 12.2. The van der Waals surface area contributed by atoms with Crippen molar-refractivity contribution in [2.45, 2.75) is 19.9 Å². The quantitative estimate of drug-likeness (QED) is 0.884. The molecule has 0 aromatic heterocycles. The number of rotatable bonds is 4. The number of carbonyl (C=O) groups excluding carboxylic acids is 1. The number of aliphatic carboxylic acids is 1. The Balaban J connectivity index is 2.06. The molecule has 2 amide bonds. The second kappa shape index (κ2) is 6.58. The number of amides is 2. The number of benzene rings is 1. The number of carboxylic acid groups (broad SMARTS) is 1. The fraction of sp³-hybridized carbons (Fsp3) is 0.467. The number of hydrogen-bond acceptors (Lipinski definition) is 3. The smallest absolute Gasteiger partial charge is 0.322 e. The highest BCUT2D eigenvalue weighted by atomic mass is 16.5. The SMILES string of the molecule is CCN(C(=O)NC1COCC1C(=O)O)c1ccc(C)cc1. The molecular weight excluding hydrogens is 272 g/mol. The molecule has 1 aromatic carbocycles. The maximum atomic E-state index is 12.4. The van der Waals surface area contributed by atoms with Crippen molar-refractivity contribution in [2.75, 3.05) is 24.7 Å². The van der Waals surface area contributed by atoms with Crippen LogP contribution >= 0.6 is 0 Å². The van der Waals surface area contributed by atoms with Crippen molar-refractivity contribution in [1.82, 2.24) is 5.32 Å². The molecule has 1 fully saturated rings. The molecule has 1 aliphatic heterocycles. The van der Waals surface area contributed by atoms with Crippen LogP contribution in [0.1, 0.15) is 12.5 Å². The van der Waals surface area contributed by atoms with E-state index in [1.54, 1.807) is 4.90 Å². The standard InChI is InChI=1S/C15H20N2O4/c1-3-17(11-6-4-10(2)5-7-11)15(20)16-13-9-21-8-12(13)14(18)19/h4-7,12-13H,3,8-9H2,1-2H3,(H,16,20)(H,18,19). The van der Waals surface area contributed by atoms with Crippen LogP contribution in [-0.4, -0.2) is 42.9 Å². The molecule has 2 rings (SSSR count). The van der Waals surface area contributed by atoms with Crippen LogP contribution in [0, 0.1) is 12.8 Å². The average molecular weight is 292 g/mol. The molecule has 1 aromatic rings. The Morgan fingerprint density at radius 1 is 1.33 bits per heavy atom. The summed E-state index contributed by atoms with van der Waals surface area (Å²) in [5.74, 6) is -1.64. The molecule has 0 aliphatic carbocycles. The zero-order chi connectivity index (χ0) is 15.4. The fourth-order valence-corrected chi connectivity index (χ4v) is 2.34. The third-order valence-electron chi connectivity index (χ3n) is 3.61. The largest absolute Gasteiger partial charge is 0.481 e. The van der Waals surface area contributed by atoms with Crippen LogP contribution in [0.4, 0.5) is 10.5 Å². The van der Waals surface area contributed by atoms with Crippen LogP contribution in [-0.2, 0) is 9.53 Å². The first-order valence-electron chi connectivity index (χ1n) is 6.98. The average Bonchev–Trinajstić information content (AvgIpc) is 2.90. The van der Waals surface area contributed by atoms with Crippen molar-refractivity contribution in [3.05, 3.63) is 29.8 Å². The Bertz CT molecular complexity index is 515. The monoisotopic (exact) mass is 292 g/mol. The third-order valence-corrected chi connectivity index (χ3v) is 3.61. The van der Waals surface area contributed by atoms with E-state index in [2.05, 4.69) is 5.32 Å². The highest BCUT2D eigenvalue weighted by Gasteiger charge is 2.35. The van der Waals surface area contributed by atoms with Crippen molar-refractivity contribution in [2.24, 2.45) is 5.92 Å². The Morgan fingerprint density at radius 2 is 2.00 bits per heavy atom. The molecule has 0 bridgehead atoms. The molecule has 1 aliphatic rings. The first-order chi connectivity index (χ1) is 10.0. The molecule has 21 heavy (non-hydrogen) atoms. The minimum Gasteiger partial charge on any atom is -0.481 e. The van der Waals surface area contributed by atoms with Gasteiger partial charge in [-0.05, 0) is 26.0 Å². The summed E-state index contributed by atoms with van der Waals surface area (Å²) >= 11 is 0. The number of hydrogen-bond donors (Lipinski definition) is 2. The molecule has 6 heteroatoms. The Hall–Kier alpha value is -2.08. The molecule has 1 heterocycles. The maximum absolute atomic E-state index is 12.4. The van der Waals surface area contributed by atoms with Crippen molar-refractivity contribution in [3.63, 3.8) is 0 Å². The lowest BCUT2D eigenvalue weighted by atomic mass is 10.0. The lowest BCUT2D eigenvalue weighted by molar-refractivity contribution is -0.142. The Kier molecular flexibility index (Phi) is 4.80. The lowest BCUT2D eigenvalue weighted by Gasteiger charge is -2.24. The third kappa shape index (κ3) is 3.52. The summed E-state index contributed by atoms with van der Waals surface area (Å²) in [6, 6.07) is 6.82. The number of ether oxygens (including phenoxy) is 1. The minimum atomic E-state index is -0.948.